The standard InChI is InChI=1S/C25H35ClFN5O2/c1-5-32-23(18-14-28-20(10-19(18)34-4)30-17-11-25(3,27)12-17)21(26)22(31-32)24(33)29-13-16-8-6-15(2)7-9-16/h10,14-17H,5-9,11-13H2,1-4H3,(H,28,30)(H,29,33). The number of ether oxygens (including phenoxy) is 1. The van der Waals surface area contributed by atoms with Crippen LogP contribution in [0.3, 0.4) is 0 Å². The molecular weight excluding hydrogens is 457 g/mol. The molecule has 2 heterocycles. The molecule has 2 fully saturated rings. The zero-order valence-corrected chi connectivity index (χ0v) is 21.2. The van der Waals surface area contributed by atoms with Crippen LogP contribution in [0.25, 0.3) is 11.3 Å². The predicted octanol–water partition coefficient (Wildman–Crippen LogP) is 5.49. The average Bonchev–Trinajstić information content (AvgIpc) is 3.13. The van der Waals surface area contributed by atoms with E-state index in [1.54, 1.807) is 31.0 Å². The molecule has 0 aliphatic heterocycles. The highest BCUT2D eigenvalue weighted by molar-refractivity contribution is 6.36. The summed E-state index contributed by atoms with van der Waals surface area (Å²) in [6.07, 6.45) is 7.26. The minimum Gasteiger partial charge on any atom is -0.496 e. The maximum Gasteiger partial charge on any atom is 0.273 e. The summed E-state index contributed by atoms with van der Waals surface area (Å²) in [6, 6.07) is 1.82. The number of methoxy groups -OCH3 is 1. The van der Waals surface area contributed by atoms with E-state index in [2.05, 4.69) is 27.6 Å². The van der Waals surface area contributed by atoms with Gasteiger partial charge in [-0.3, -0.25) is 9.48 Å². The van der Waals surface area contributed by atoms with Crippen LogP contribution in [0.5, 0.6) is 5.75 Å². The third-order valence-corrected chi connectivity index (χ3v) is 7.49. The molecule has 0 spiro atoms. The summed E-state index contributed by atoms with van der Waals surface area (Å²) >= 11 is 6.71. The highest BCUT2D eigenvalue weighted by atomic mass is 35.5. The highest BCUT2D eigenvalue weighted by Gasteiger charge is 2.40. The first-order valence-corrected chi connectivity index (χ1v) is 12.6. The van der Waals surface area contributed by atoms with Crippen LogP contribution in [-0.2, 0) is 6.54 Å². The number of nitrogens with zero attached hydrogens (tertiary/aromatic N) is 3. The summed E-state index contributed by atoms with van der Waals surface area (Å²) < 4.78 is 21.1. The molecule has 2 aliphatic rings. The van der Waals surface area contributed by atoms with E-state index >= 15 is 0 Å². The fourth-order valence-corrected chi connectivity index (χ4v) is 5.39. The van der Waals surface area contributed by atoms with Crippen LogP contribution in [0.15, 0.2) is 12.3 Å². The highest BCUT2D eigenvalue weighted by Crippen LogP contribution is 2.40. The number of rotatable bonds is 8. The lowest BCUT2D eigenvalue weighted by molar-refractivity contribution is 0.0721. The summed E-state index contributed by atoms with van der Waals surface area (Å²) in [5, 5.41) is 11.1. The number of anilines is 1. The molecule has 9 heteroatoms. The fraction of sp³-hybridized carbons (Fsp3) is 0.640. The van der Waals surface area contributed by atoms with Crippen molar-refractivity contribution < 1.29 is 13.9 Å². The van der Waals surface area contributed by atoms with Crippen molar-refractivity contribution in [2.45, 2.75) is 77.6 Å². The van der Waals surface area contributed by atoms with Crippen molar-refractivity contribution in [1.29, 1.82) is 0 Å². The van der Waals surface area contributed by atoms with Gasteiger partial charge in [0, 0.05) is 44.2 Å². The molecule has 2 aliphatic carbocycles. The van der Waals surface area contributed by atoms with Crippen molar-refractivity contribution in [2.24, 2.45) is 11.8 Å². The number of hydrogen-bond donors (Lipinski definition) is 2. The number of aromatic nitrogens is 3. The second-order valence-electron chi connectivity index (χ2n) is 10.1. The quantitative estimate of drug-likeness (QED) is 0.510. The van der Waals surface area contributed by atoms with Crippen molar-refractivity contribution in [2.75, 3.05) is 19.0 Å². The van der Waals surface area contributed by atoms with Gasteiger partial charge in [-0.15, -0.1) is 0 Å². The maximum absolute atomic E-state index is 13.8. The van der Waals surface area contributed by atoms with Crippen LogP contribution in [-0.4, -0.2) is 46.0 Å². The van der Waals surface area contributed by atoms with Crippen LogP contribution in [0, 0.1) is 11.8 Å². The third kappa shape index (κ3) is 5.32. The van der Waals surface area contributed by atoms with Crippen LogP contribution in [0.4, 0.5) is 10.2 Å². The monoisotopic (exact) mass is 491 g/mol. The smallest absolute Gasteiger partial charge is 0.273 e. The minimum atomic E-state index is -1.12. The SMILES string of the molecule is CCn1nc(C(=O)NCC2CCC(C)CC2)c(Cl)c1-c1cnc(NC2CC(C)(F)C2)cc1OC. The fourth-order valence-electron chi connectivity index (χ4n) is 5.07. The number of carbonyl (C=O) groups is 1. The van der Waals surface area contributed by atoms with E-state index in [0.29, 0.717) is 54.7 Å². The minimum absolute atomic E-state index is 0.0467. The summed E-state index contributed by atoms with van der Waals surface area (Å²) in [6.45, 7) is 7.01. The number of aryl methyl sites for hydroxylation is 1. The lowest BCUT2D eigenvalue weighted by Gasteiger charge is -2.39. The number of amides is 1. The number of carbonyl (C=O) groups excluding carboxylic acids is 1. The molecule has 2 saturated carbocycles. The Hall–Kier alpha value is -2.35. The van der Waals surface area contributed by atoms with Crippen LogP contribution in [0.2, 0.25) is 5.02 Å². The molecule has 0 radical (unpaired) electrons. The Kier molecular flexibility index (Phi) is 7.36. The Morgan fingerprint density at radius 3 is 2.65 bits per heavy atom. The Balaban J connectivity index is 1.51. The number of hydrogen-bond acceptors (Lipinski definition) is 5. The van der Waals surface area contributed by atoms with Gasteiger partial charge in [0.15, 0.2) is 5.69 Å². The predicted molar refractivity (Wildman–Crippen MR) is 132 cm³/mol. The molecule has 2 aromatic rings. The van der Waals surface area contributed by atoms with Crippen LogP contribution >= 0.6 is 11.6 Å². The first-order valence-electron chi connectivity index (χ1n) is 12.2. The first kappa shape index (κ1) is 24.8. The summed E-state index contributed by atoms with van der Waals surface area (Å²) in [7, 11) is 1.57. The molecule has 2 aromatic heterocycles. The van der Waals surface area contributed by atoms with E-state index in [9.17, 15) is 9.18 Å². The van der Waals surface area contributed by atoms with Gasteiger partial charge in [0.1, 0.15) is 17.2 Å². The van der Waals surface area contributed by atoms with E-state index in [0.717, 1.165) is 18.8 Å². The van der Waals surface area contributed by atoms with Gasteiger partial charge in [-0.2, -0.15) is 5.10 Å². The van der Waals surface area contributed by atoms with Crippen molar-refractivity contribution in [3.8, 4) is 17.0 Å². The van der Waals surface area contributed by atoms with Gasteiger partial charge in [-0.25, -0.2) is 9.37 Å². The van der Waals surface area contributed by atoms with Gasteiger partial charge in [-0.1, -0.05) is 31.4 Å². The second kappa shape index (κ2) is 10.1. The lowest BCUT2D eigenvalue weighted by atomic mass is 9.79. The lowest BCUT2D eigenvalue weighted by Crippen LogP contribution is -2.45. The largest absolute Gasteiger partial charge is 0.496 e. The first-order chi connectivity index (χ1) is 16.2. The molecule has 4 rings (SSSR count). The Labute approximate surface area is 205 Å². The van der Waals surface area contributed by atoms with E-state index in [1.165, 1.54) is 12.8 Å². The van der Waals surface area contributed by atoms with Crippen LogP contribution < -0.4 is 15.4 Å². The average molecular weight is 492 g/mol. The molecule has 1 amide bonds. The molecule has 0 atom stereocenters. The Bertz CT molecular complexity index is 1020. The molecule has 0 aromatic carbocycles. The summed E-state index contributed by atoms with van der Waals surface area (Å²) in [4.78, 5) is 17.4. The van der Waals surface area contributed by atoms with Gasteiger partial charge in [0.25, 0.3) is 5.91 Å². The number of nitrogens with one attached hydrogen (secondary N) is 2. The van der Waals surface area contributed by atoms with Gasteiger partial charge in [0.2, 0.25) is 0 Å². The van der Waals surface area contributed by atoms with Gasteiger partial charge in [-0.05, 0) is 38.5 Å². The van der Waals surface area contributed by atoms with E-state index in [4.69, 9.17) is 16.3 Å². The van der Waals surface area contributed by atoms with Gasteiger partial charge < -0.3 is 15.4 Å². The summed E-state index contributed by atoms with van der Waals surface area (Å²) in [5.41, 5.74) is 0.340. The molecule has 0 unspecified atom stereocenters. The zero-order chi connectivity index (χ0) is 24.5. The van der Waals surface area contributed by atoms with Crippen molar-refractivity contribution >= 4 is 23.3 Å². The van der Waals surface area contributed by atoms with E-state index in [-0.39, 0.29) is 22.7 Å². The topological polar surface area (TPSA) is 81.1 Å². The van der Waals surface area contributed by atoms with Crippen molar-refractivity contribution in [3.05, 3.63) is 23.0 Å². The van der Waals surface area contributed by atoms with Crippen molar-refractivity contribution in [1.82, 2.24) is 20.1 Å². The molecule has 0 bridgehead atoms. The van der Waals surface area contributed by atoms with E-state index in [1.807, 2.05) is 6.92 Å². The Morgan fingerprint density at radius 2 is 2.03 bits per heavy atom. The van der Waals surface area contributed by atoms with Gasteiger partial charge in [0.05, 0.1) is 23.4 Å². The molecule has 0 saturated heterocycles. The summed E-state index contributed by atoms with van der Waals surface area (Å²) in [5.74, 6) is 2.18. The molecule has 34 heavy (non-hydrogen) atoms. The van der Waals surface area contributed by atoms with Crippen molar-refractivity contribution in [3.63, 3.8) is 0 Å². The second-order valence-corrected chi connectivity index (χ2v) is 10.5. The third-order valence-electron chi connectivity index (χ3n) is 7.13. The van der Waals surface area contributed by atoms with Gasteiger partial charge >= 0.3 is 0 Å². The molecule has 2 N–H and O–H groups in total. The Morgan fingerprint density at radius 1 is 1.32 bits per heavy atom. The molecule has 186 valence electrons. The number of pyridine rings is 1. The number of alkyl halides is 1. The zero-order valence-electron chi connectivity index (χ0n) is 20.5. The van der Waals surface area contributed by atoms with E-state index < -0.39 is 5.67 Å². The van der Waals surface area contributed by atoms with Crippen LogP contribution in [0.1, 0.15) is 69.8 Å². The number of halogens is 2. The maximum atomic E-state index is 13.8. The normalized spacial score (nSPS) is 26.6. The molecule has 7 nitrogen and oxygen atoms in total. The molecular formula is C25H35ClFN5O2.